The summed E-state index contributed by atoms with van der Waals surface area (Å²) in [6, 6.07) is 0.311. The van der Waals surface area contributed by atoms with Crippen molar-refractivity contribution in [2.75, 3.05) is 27.9 Å². The second kappa shape index (κ2) is 13.4. The van der Waals surface area contributed by atoms with Crippen LogP contribution in [0.25, 0.3) is 11.3 Å². The van der Waals surface area contributed by atoms with Crippen LogP contribution in [-0.4, -0.2) is 69.8 Å². The van der Waals surface area contributed by atoms with E-state index in [1.165, 1.54) is 30.0 Å². The number of rotatable bonds is 6. The van der Waals surface area contributed by atoms with Crippen molar-refractivity contribution in [1.82, 2.24) is 24.5 Å². The molecule has 2 fully saturated rings. The molecule has 2 aromatic rings. The van der Waals surface area contributed by atoms with Crippen LogP contribution < -0.4 is 11.2 Å². The fraction of sp³-hybridized carbons (Fsp3) is 0.727. The second-order valence-electron chi connectivity index (χ2n) is 7.68. The topological polar surface area (TPSA) is 133 Å². The molecule has 1 aliphatic heterocycles. The molecule has 0 bridgehead atoms. The molecule has 2 N–H and O–H groups in total. The zero-order chi connectivity index (χ0) is 24.4. The number of aliphatic hydroxyl groups excluding tert-OH is 1. The fourth-order valence-electron chi connectivity index (χ4n) is 4.24. The van der Waals surface area contributed by atoms with Gasteiger partial charge in [-0.2, -0.15) is 0 Å². The molecule has 1 saturated carbocycles. The molecule has 0 radical (unpaired) electrons. The number of aromatic amines is 1. The van der Waals surface area contributed by atoms with Crippen LogP contribution in [0.3, 0.4) is 0 Å². The number of hydrogen-bond acceptors (Lipinski definition) is 8. The standard InChI is InChI=1S/C19H27N5O5.C2H6.CH4O/c1-27-11-16-15(28-2)8-17(29-16)23-9-13(18(25)20-19(23)26)14-10-24(22-21-14)12-6-4-3-5-7-12;2*1-2/h9-10,12,15-17H,3-8,11H2,1-2H3,(H,20,25,26);1-2H3;2H,1H3/t15-,16?,17-;;/m1../s1. The summed E-state index contributed by atoms with van der Waals surface area (Å²) in [6.07, 6.45) is 8.44. The Hall–Kier alpha value is -2.34. The first-order valence-corrected chi connectivity index (χ1v) is 11.5. The van der Waals surface area contributed by atoms with Crippen molar-refractivity contribution in [2.24, 2.45) is 0 Å². The summed E-state index contributed by atoms with van der Waals surface area (Å²) < 4.78 is 19.8. The van der Waals surface area contributed by atoms with Gasteiger partial charge in [0.25, 0.3) is 5.56 Å². The molecular formula is C22H37N5O6. The molecule has 3 atom stereocenters. The highest BCUT2D eigenvalue weighted by molar-refractivity contribution is 5.54. The summed E-state index contributed by atoms with van der Waals surface area (Å²) in [5.41, 5.74) is -0.285. The molecule has 3 heterocycles. The average molecular weight is 468 g/mol. The summed E-state index contributed by atoms with van der Waals surface area (Å²) in [5.74, 6) is 0. The number of hydrogen-bond donors (Lipinski definition) is 2. The molecule has 1 unspecified atom stereocenters. The number of ether oxygens (including phenoxy) is 3. The lowest BCUT2D eigenvalue weighted by atomic mass is 9.96. The number of H-pyrrole nitrogens is 1. The van der Waals surface area contributed by atoms with Gasteiger partial charge in [-0.05, 0) is 12.8 Å². The van der Waals surface area contributed by atoms with Gasteiger partial charge >= 0.3 is 5.69 Å². The van der Waals surface area contributed by atoms with Crippen molar-refractivity contribution >= 4 is 0 Å². The van der Waals surface area contributed by atoms with E-state index < -0.39 is 17.5 Å². The van der Waals surface area contributed by atoms with Gasteiger partial charge in [-0.15, -0.1) is 5.10 Å². The van der Waals surface area contributed by atoms with E-state index in [4.69, 9.17) is 19.3 Å². The highest BCUT2D eigenvalue weighted by atomic mass is 16.6. The van der Waals surface area contributed by atoms with E-state index in [2.05, 4.69) is 15.3 Å². The lowest BCUT2D eigenvalue weighted by Crippen LogP contribution is -2.33. The van der Waals surface area contributed by atoms with Gasteiger partial charge in [-0.3, -0.25) is 14.3 Å². The molecule has 33 heavy (non-hydrogen) atoms. The largest absolute Gasteiger partial charge is 0.400 e. The van der Waals surface area contributed by atoms with Gasteiger partial charge in [0.2, 0.25) is 0 Å². The van der Waals surface area contributed by atoms with E-state index in [-0.39, 0.29) is 12.2 Å². The third-order valence-electron chi connectivity index (χ3n) is 5.83. The van der Waals surface area contributed by atoms with E-state index in [1.807, 2.05) is 18.5 Å². The third-order valence-corrected chi connectivity index (χ3v) is 5.83. The van der Waals surface area contributed by atoms with Crippen molar-refractivity contribution in [3.8, 4) is 11.3 Å². The van der Waals surface area contributed by atoms with Crippen molar-refractivity contribution in [1.29, 1.82) is 0 Å². The molecule has 2 aromatic heterocycles. The molecule has 0 spiro atoms. The fourth-order valence-corrected chi connectivity index (χ4v) is 4.24. The highest BCUT2D eigenvalue weighted by Gasteiger charge is 2.37. The molecule has 186 valence electrons. The Bertz CT molecular complexity index is 949. The number of aliphatic hydroxyl groups is 1. The van der Waals surface area contributed by atoms with Gasteiger partial charge in [0, 0.05) is 33.9 Å². The zero-order valence-corrected chi connectivity index (χ0v) is 20.2. The van der Waals surface area contributed by atoms with Crippen molar-refractivity contribution in [2.45, 2.75) is 76.9 Å². The van der Waals surface area contributed by atoms with Gasteiger partial charge in [-0.1, -0.05) is 38.3 Å². The minimum absolute atomic E-state index is 0.200. The lowest BCUT2D eigenvalue weighted by molar-refractivity contribution is -0.0617. The van der Waals surface area contributed by atoms with E-state index in [0.29, 0.717) is 30.3 Å². The van der Waals surface area contributed by atoms with E-state index >= 15 is 0 Å². The Morgan fingerprint density at radius 3 is 2.48 bits per heavy atom. The average Bonchev–Trinajstić information content (AvgIpc) is 3.50. The quantitative estimate of drug-likeness (QED) is 0.658. The SMILES string of the molecule is CC.CO.COCC1O[C@@H](n2cc(-c3cn(C4CCCCC4)nn3)c(=O)[nH]c2=O)C[C@H]1OC. The van der Waals surface area contributed by atoms with Crippen LogP contribution in [0.4, 0.5) is 0 Å². The first-order chi connectivity index (χ1) is 16.1. The van der Waals surface area contributed by atoms with Gasteiger partial charge < -0.3 is 19.3 Å². The molecular weight excluding hydrogens is 430 g/mol. The summed E-state index contributed by atoms with van der Waals surface area (Å²) >= 11 is 0. The number of nitrogens with zero attached hydrogens (tertiary/aromatic N) is 4. The van der Waals surface area contributed by atoms with Crippen molar-refractivity contribution < 1.29 is 19.3 Å². The summed E-state index contributed by atoms with van der Waals surface area (Å²) in [4.78, 5) is 27.3. The predicted octanol–water partition coefficient (Wildman–Crippen LogP) is 1.88. The van der Waals surface area contributed by atoms with Gasteiger partial charge in [0.15, 0.2) is 0 Å². The minimum Gasteiger partial charge on any atom is -0.400 e. The molecule has 1 aliphatic carbocycles. The van der Waals surface area contributed by atoms with Crippen LogP contribution in [0.5, 0.6) is 0 Å². The zero-order valence-electron chi connectivity index (χ0n) is 20.2. The summed E-state index contributed by atoms with van der Waals surface area (Å²) in [7, 11) is 4.19. The molecule has 1 saturated heterocycles. The predicted molar refractivity (Wildman–Crippen MR) is 123 cm³/mol. The Morgan fingerprint density at radius 2 is 1.85 bits per heavy atom. The smallest absolute Gasteiger partial charge is 0.330 e. The normalized spacial score (nSPS) is 22.8. The minimum atomic E-state index is -0.559. The maximum Gasteiger partial charge on any atom is 0.330 e. The Kier molecular flexibility index (Phi) is 10.9. The van der Waals surface area contributed by atoms with Crippen LogP contribution in [0.2, 0.25) is 0 Å². The van der Waals surface area contributed by atoms with Gasteiger partial charge in [0.05, 0.1) is 30.5 Å². The van der Waals surface area contributed by atoms with E-state index in [1.54, 1.807) is 20.4 Å². The first-order valence-electron chi connectivity index (χ1n) is 11.5. The Labute approximate surface area is 193 Å². The summed E-state index contributed by atoms with van der Waals surface area (Å²) in [5, 5.41) is 15.4. The number of nitrogens with one attached hydrogen (secondary N) is 1. The number of methoxy groups -OCH3 is 2. The van der Waals surface area contributed by atoms with E-state index in [0.717, 1.165) is 20.0 Å². The molecule has 4 rings (SSSR count). The second-order valence-corrected chi connectivity index (χ2v) is 7.68. The van der Waals surface area contributed by atoms with Crippen LogP contribution >= 0.6 is 0 Å². The van der Waals surface area contributed by atoms with Crippen LogP contribution in [0.1, 0.15) is 64.6 Å². The molecule has 11 nitrogen and oxygen atoms in total. The van der Waals surface area contributed by atoms with Crippen LogP contribution in [0, 0.1) is 0 Å². The van der Waals surface area contributed by atoms with Crippen molar-refractivity contribution in [3.63, 3.8) is 0 Å². The maximum atomic E-state index is 12.4. The van der Waals surface area contributed by atoms with E-state index in [9.17, 15) is 9.59 Å². The van der Waals surface area contributed by atoms with Gasteiger partial charge in [0.1, 0.15) is 18.0 Å². The lowest BCUT2D eigenvalue weighted by Gasteiger charge is -2.20. The Morgan fingerprint density at radius 1 is 1.15 bits per heavy atom. The maximum absolute atomic E-state index is 12.4. The first kappa shape index (κ1) is 26.9. The van der Waals surface area contributed by atoms with Gasteiger partial charge in [-0.25, -0.2) is 9.48 Å². The van der Waals surface area contributed by atoms with Crippen LogP contribution in [-0.2, 0) is 14.2 Å². The molecule has 0 amide bonds. The molecule has 2 aliphatic rings. The van der Waals surface area contributed by atoms with Crippen molar-refractivity contribution in [3.05, 3.63) is 33.2 Å². The molecule has 11 heteroatoms. The monoisotopic (exact) mass is 467 g/mol. The molecule has 0 aromatic carbocycles. The van der Waals surface area contributed by atoms with Crippen LogP contribution in [0.15, 0.2) is 22.0 Å². The third kappa shape index (κ3) is 6.38. The summed E-state index contributed by atoms with van der Waals surface area (Å²) in [6.45, 7) is 4.36. The number of aromatic nitrogens is 5. The highest BCUT2D eigenvalue weighted by Crippen LogP contribution is 2.31. The Balaban J connectivity index is 0.000000914.